The third-order valence-electron chi connectivity index (χ3n) is 12.1. The lowest BCUT2D eigenvalue weighted by Gasteiger charge is -2.65. The first-order valence-corrected chi connectivity index (χ1v) is 15.4. The van der Waals surface area contributed by atoms with E-state index in [-0.39, 0.29) is 37.7 Å². The van der Waals surface area contributed by atoms with Crippen molar-refractivity contribution in [3.8, 4) is 0 Å². The predicted octanol–water partition coefficient (Wildman–Crippen LogP) is 1.32. The van der Waals surface area contributed by atoms with Gasteiger partial charge in [-0.05, 0) is 62.9 Å². The molecule has 0 bridgehead atoms. The van der Waals surface area contributed by atoms with Crippen molar-refractivity contribution in [2.75, 3.05) is 6.61 Å². The Kier molecular flexibility index (Phi) is 7.42. The third-order valence-corrected chi connectivity index (χ3v) is 12.1. The first-order valence-electron chi connectivity index (χ1n) is 15.4. The summed E-state index contributed by atoms with van der Waals surface area (Å²) in [7, 11) is 0. The molecule has 0 aromatic carbocycles. The average Bonchev–Trinajstić information content (AvgIpc) is 3.43. The molecule has 2 aliphatic heterocycles. The van der Waals surface area contributed by atoms with Gasteiger partial charge in [-0.25, -0.2) is 4.79 Å². The molecule has 2 heterocycles. The molecule has 4 aliphatic carbocycles. The Morgan fingerprint density at radius 2 is 1.83 bits per heavy atom. The zero-order chi connectivity index (χ0) is 30.2. The Morgan fingerprint density at radius 3 is 2.48 bits per heavy atom. The summed E-state index contributed by atoms with van der Waals surface area (Å²) in [5.74, 6) is -1.91. The van der Waals surface area contributed by atoms with E-state index in [2.05, 4.69) is 0 Å². The van der Waals surface area contributed by atoms with Crippen LogP contribution >= 0.6 is 0 Å². The summed E-state index contributed by atoms with van der Waals surface area (Å²) in [6.07, 6.45) is 1.34. The Labute approximate surface area is 245 Å². The molecule has 234 valence electrons. The summed E-state index contributed by atoms with van der Waals surface area (Å²) in [4.78, 5) is 37.2. The quantitative estimate of drug-likeness (QED) is 0.206. The number of cyclic esters (lactones) is 1. The van der Waals surface area contributed by atoms with Crippen LogP contribution in [-0.4, -0.2) is 93.3 Å². The predicted molar refractivity (Wildman–Crippen MR) is 144 cm³/mol. The molecule has 0 radical (unpaired) electrons. The van der Waals surface area contributed by atoms with Crippen LogP contribution in [0.2, 0.25) is 0 Å². The Balaban J connectivity index is 1.26. The topological polar surface area (TPSA) is 169 Å². The van der Waals surface area contributed by atoms with Crippen molar-refractivity contribution in [2.45, 2.75) is 127 Å². The number of aliphatic hydroxyl groups is 4. The molecule has 4 N–H and O–H groups in total. The van der Waals surface area contributed by atoms with Gasteiger partial charge in [-0.3, -0.25) is 4.79 Å². The number of ether oxygens (including phenoxy) is 4. The number of rotatable bonds is 5. The lowest BCUT2D eigenvalue weighted by Crippen LogP contribution is -2.69. The van der Waals surface area contributed by atoms with Gasteiger partial charge in [-0.1, -0.05) is 6.92 Å². The van der Waals surface area contributed by atoms with Crippen molar-refractivity contribution >= 4 is 18.2 Å². The highest BCUT2D eigenvalue weighted by Crippen LogP contribution is 2.70. The maximum Gasteiger partial charge on any atom is 0.331 e. The lowest BCUT2D eigenvalue weighted by atomic mass is 9.41. The van der Waals surface area contributed by atoms with Crippen LogP contribution in [0.25, 0.3) is 0 Å². The Bertz CT molecular complexity index is 1140. The summed E-state index contributed by atoms with van der Waals surface area (Å²) in [5, 5.41) is 45.0. The Hall–Kier alpha value is -1.89. The highest BCUT2D eigenvalue weighted by molar-refractivity contribution is 5.85. The zero-order valence-electron chi connectivity index (χ0n) is 24.6. The van der Waals surface area contributed by atoms with E-state index in [1.54, 1.807) is 6.92 Å². The monoisotopic (exact) mass is 592 g/mol. The van der Waals surface area contributed by atoms with Gasteiger partial charge in [0.1, 0.15) is 25.1 Å². The smallest absolute Gasteiger partial charge is 0.331 e. The van der Waals surface area contributed by atoms with Gasteiger partial charge in [-0.15, -0.1) is 0 Å². The van der Waals surface area contributed by atoms with Crippen molar-refractivity contribution in [3.63, 3.8) is 0 Å². The van der Waals surface area contributed by atoms with Gasteiger partial charge in [0.15, 0.2) is 6.29 Å². The first-order chi connectivity index (χ1) is 19.8. The number of fused-ring (bicyclic) bond motifs is 5. The summed E-state index contributed by atoms with van der Waals surface area (Å²) >= 11 is 0. The fraction of sp³-hybridized carbons (Fsp3) is 0.839. The van der Waals surface area contributed by atoms with Gasteiger partial charge in [0.25, 0.3) is 0 Å². The van der Waals surface area contributed by atoms with E-state index in [0.29, 0.717) is 38.5 Å². The number of hydrogen-bond donors (Lipinski definition) is 4. The minimum atomic E-state index is -1.34. The standard InChI is InChI=1S/C31H44O11/c1-16-27(36)22(34)11-25(40-16)42-19-4-8-29(15-32)20-5-7-28(3)26(18-10-24(35)39-14-18)23(41-17(2)33)13-31(28,38)21(20)6-9-30(29,37)12-19/h10,15-16,19-23,25-27,34,36-38H,4-9,11-14H2,1-3H3/t16-,19+,20-,21-,22-,23+,25-,26+,27-,28-,29+,30+,31+/m1/s1. The molecule has 0 spiro atoms. The zero-order valence-corrected chi connectivity index (χ0v) is 24.6. The maximum atomic E-state index is 13.1. The number of hydrogen-bond acceptors (Lipinski definition) is 11. The molecule has 0 aromatic heterocycles. The van der Waals surface area contributed by atoms with Gasteiger partial charge in [0.05, 0.1) is 34.9 Å². The largest absolute Gasteiger partial charge is 0.462 e. The second kappa shape index (κ2) is 10.3. The van der Waals surface area contributed by atoms with Gasteiger partial charge in [-0.2, -0.15) is 0 Å². The molecule has 6 aliphatic rings. The van der Waals surface area contributed by atoms with Gasteiger partial charge < -0.3 is 44.2 Å². The molecule has 4 saturated carbocycles. The van der Waals surface area contributed by atoms with E-state index in [4.69, 9.17) is 18.9 Å². The first kappa shape index (κ1) is 30.1. The molecule has 0 unspecified atom stereocenters. The van der Waals surface area contributed by atoms with Crippen LogP contribution < -0.4 is 0 Å². The van der Waals surface area contributed by atoms with E-state index in [0.717, 1.165) is 11.9 Å². The molecule has 11 nitrogen and oxygen atoms in total. The minimum absolute atomic E-state index is 0.0971. The van der Waals surface area contributed by atoms with Crippen LogP contribution in [0.5, 0.6) is 0 Å². The molecule has 5 fully saturated rings. The summed E-state index contributed by atoms with van der Waals surface area (Å²) < 4.78 is 22.9. The number of carbonyl (C=O) groups is 3. The summed E-state index contributed by atoms with van der Waals surface area (Å²) in [6, 6.07) is 0. The highest BCUT2D eigenvalue weighted by atomic mass is 16.7. The van der Waals surface area contributed by atoms with Crippen LogP contribution in [0.4, 0.5) is 0 Å². The molecule has 1 saturated heterocycles. The average molecular weight is 593 g/mol. The highest BCUT2D eigenvalue weighted by Gasteiger charge is 2.73. The van der Waals surface area contributed by atoms with Crippen LogP contribution in [0.15, 0.2) is 11.6 Å². The van der Waals surface area contributed by atoms with Crippen molar-refractivity contribution in [3.05, 3.63) is 11.6 Å². The second-order valence-corrected chi connectivity index (χ2v) is 14.0. The Morgan fingerprint density at radius 1 is 1.10 bits per heavy atom. The summed E-state index contributed by atoms with van der Waals surface area (Å²) in [5.41, 5.74) is -3.72. The van der Waals surface area contributed by atoms with E-state index in [1.807, 2.05) is 6.92 Å². The molecule has 42 heavy (non-hydrogen) atoms. The normalized spacial score (nSPS) is 51.9. The number of carbonyl (C=O) groups excluding carboxylic acids is 3. The van der Waals surface area contributed by atoms with Gasteiger partial charge >= 0.3 is 11.9 Å². The molecular formula is C31H44O11. The molecule has 0 aromatic rings. The van der Waals surface area contributed by atoms with E-state index in [1.165, 1.54) is 13.0 Å². The lowest BCUT2D eigenvalue weighted by molar-refractivity contribution is -0.286. The minimum Gasteiger partial charge on any atom is -0.462 e. The van der Waals surface area contributed by atoms with Crippen LogP contribution in [0.1, 0.15) is 78.6 Å². The molecule has 0 amide bonds. The van der Waals surface area contributed by atoms with E-state index < -0.39 is 76.7 Å². The molecule has 13 atom stereocenters. The molecular weight excluding hydrogens is 548 g/mol. The van der Waals surface area contributed by atoms with Crippen molar-refractivity contribution in [1.82, 2.24) is 0 Å². The summed E-state index contributed by atoms with van der Waals surface area (Å²) in [6.45, 7) is 5.10. The van der Waals surface area contributed by atoms with Crippen LogP contribution in [-0.2, 0) is 33.3 Å². The van der Waals surface area contributed by atoms with Gasteiger partial charge in [0, 0.05) is 43.6 Å². The van der Waals surface area contributed by atoms with Crippen molar-refractivity contribution < 1.29 is 53.8 Å². The van der Waals surface area contributed by atoms with Gasteiger partial charge in [0.2, 0.25) is 0 Å². The maximum absolute atomic E-state index is 13.1. The van der Waals surface area contributed by atoms with Crippen LogP contribution in [0, 0.1) is 28.6 Å². The van der Waals surface area contributed by atoms with E-state index >= 15 is 0 Å². The van der Waals surface area contributed by atoms with E-state index in [9.17, 15) is 34.8 Å². The number of esters is 2. The third kappa shape index (κ3) is 4.33. The van der Waals surface area contributed by atoms with Crippen molar-refractivity contribution in [1.29, 1.82) is 0 Å². The molecule has 6 rings (SSSR count). The fourth-order valence-corrected chi connectivity index (χ4v) is 10.1. The van der Waals surface area contributed by atoms with Crippen LogP contribution in [0.3, 0.4) is 0 Å². The van der Waals surface area contributed by atoms with Crippen molar-refractivity contribution in [2.24, 2.45) is 28.6 Å². The molecule has 11 heteroatoms. The fourth-order valence-electron chi connectivity index (χ4n) is 10.1. The SMILES string of the molecule is CC(=O)O[C@H]1C[C@]2(O)[C@@H]3CC[C@]4(O)C[C@@H](O[C@@H]5C[C@@H](O)[C@H](O)[C@@H](C)O5)CC[C@]4(C=O)[C@@H]3CC[C@]2(C)[C@H]1C1=CC(=O)OC1. The number of aliphatic hydroxyl groups excluding tert-OH is 2. The number of aldehydes is 1. The second-order valence-electron chi connectivity index (χ2n) is 14.0.